The van der Waals surface area contributed by atoms with Gasteiger partial charge in [-0.1, -0.05) is 30.3 Å². The third-order valence-electron chi connectivity index (χ3n) is 3.33. The molecule has 0 spiro atoms. The summed E-state index contributed by atoms with van der Waals surface area (Å²) in [6, 6.07) is 17.9. The van der Waals surface area contributed by atoms with E-state index in [9.17, 15) is 0 Å². The monoisotopic (exact) mass is 323 g/mol. The molecule has 0 atom stereocenters. The highest BCUT2D eigenvalue weighted by Crippen LogP contribution is 2.26. The lowest BCUT2D eigenvalue weighted by Crippen LogP contribution is -2.08. The summed E-state index contributed by atoms with van der Waals surface area (Å²) in [7, 11) is 3.55. The van der Waals surface area contributed by atoms with Crippen molar-refractivity contribution in [2.45, 2.75) is 0 Å². The van der Waals surface area contributed by atoms with Crippen molar-refractivity contribution in [3.63, 3.8) is 0 Å². The predicted octanol–water partition coefficient (Wildman–Crippen LogP) is 4.29. The summed E-state index contributed by atoms with van der Waals surface area (Å²) in [5.74, 6) is 0.836. The Morgan fingerprint density at radius 2 is 1.83 bits per heavy atom. The van der Waals surface area contributed by atoms with Crippen LogP contribution in [0.5, 0.6) is 5.75 Å². The highest BCUT2D eigenvalue weighted by molar-refractivity contribution is 7.14. The molecule has 0 saturated carbocycles. The summed E-state index contributed by atoms with van der Waals surface area (Å²) in [4.78, 5) is 4.63. The first-order valence-corrected chi connectivity index (χ1v) is 8.07. The number of aromatic nitrogens is 1. The quantitative estimate of drug-likeness (QED) is 0.519. The largest absolute Gasteiger partial charge is 0.497 e. The van der Waals surface area contributed by atoms with E-state index in [-0.39, 0.29) is 0 Å². The standard InChI is InChI=1S/C18H17N3OS/c1-21(19-12-14-8-10-16(22-2)11-9-14)18-20-17(13-23-18)15-6-4-3-5-7-15/h3-13H,1-2H3/b19-12-. The molecule has 0 N–H and O–H groups in total. The molecule has 2 aromatic carbocycles. The summed E-state index contributed by atoms with van der Waals surface area (Å²) in [5, 5.41) is 9.12. The smallest absolute Gasteiger partial charge is 0.206 e. The number of hydrogen-bond acceptors (Lipinski definition) is 5. The maximum Gasteiger partial charge on any atom is 0.206 e. The molecular formula is C18H17N3OS. The summed E-state index contributed by atoms with van der Waals surface area (Å²) < 4.78 is 5.15. The Bertz CT molecular complexity index is 782. The molecule has 0 bridgehead atoms. The van der Waals surface area contributed by atoms with Gasteiger partial charge in [0.15, 0.2) is 0 Å². The summed E-state index contributed by atoms with van der Waals surface area (Å²) in [6.45, 7) is 0. The number of rotatable bonds is 5. The number of nitrogens with zero attached hydrogens (tertiary/aromatic N) is 3. The Morgan fingerprint density at radius 3 is 2.52 bits per heavy atom. The minimum absolute atomic E-state index is 0.836. The number of anilines is 1. The van der Waals surface area contributed by atoms with Crippen molar-refractivity contribution >= 4 is 22.7 Å². The third kappa shape index (κ3) is 3.76. The van der Waals surface area contributed by atoms with Crippen LogP contribution in [0.3, 0.4) is 0 Å². The van der Waals surface area contributed by atoms with Crippen molar-refractivity contribution in [2.24, 2.45) is 5.10 Å². The molecule has 0 saturated heterocycles. The average molecular weight is 323 g/mol. The molecule has 1 aromatic heterocycles. The van der Waals surface area contributed by atoms with E-state index in [1.54, 1.807) is 23.5 Å². The molecule has 1 heterocycles. The van der Waals surface area contributed by atoms with Gasteiger partial charge in [0, 0.05) is 18.0 Å². The number of ether oxygens (including phenoxy) is 1. The van der Waals surface area contributed by atoms with E-state index in [2.05, 4.69) is 22.2 Å². The molecule has 3 aromatic rings. The molecule has 0 aliphatic heterocycles. The van der Waals surface area contributed by atoms with E-state index in [1.165, 1.54) is 0 Å². The van der Waals surface area contributed by atoms with Gasteiger partial charge < -0.3 is 4.74 Å². The van der Waals surface area contributed by atoms with Crippen LogP contribution in [0.1, 0.15) is 5.56 Å². The zero-order valence-electron chi connectivity index (χ0n) is 13.0. The minimum atomic E-state index is 0.836. The van der Waals surface area contributed by atoms with Crippen molar-refractivity contribution < 1.29 is 4.74 Å². The first-order chi connectivity index (χ1) is 11.3. The molecule has 0 aliphatic carbocycles. The minimum Gasteiger partial charge on any atom is -0.497 e. The molecule has 116 valence electrons. The number of hydrazone groups is 1. The van der Waals surface area contributed by atoms with Gasteiger partial charge in [-0.05, 0) is 29.8 Å². The van der Waals surface area contributed by atoms with E-state index < -0.39 is 0 Å². The molecule has 3 rings (SSSR count). The summed E-state index contributed by atoms with van der Waals surface area (Å²) in [5.41, 5.74) is 3.09. The van der Waals surface area contributed by atoms with Crippen molar-refractivity contribution in [3.05, 3.63) is 65.5 Å². The average Bonchev–Trinajstić information content (AvgIpc) is 3.11. The van der Waals surface area contributed by atoms with Gasteiger partial charge in [-0.25, -0.2) is 9.99 Å². The predicted molar refractivity (Wildman–Crippen MR) is 96.5 cm³/mol. The van der Waals surface area contributed by atoms with E-state index in [0.29, 0.717) is 0 Å². The van der Waals surface area contributed by atoms with Gasteiger partial charge in [0.1, 0.15) is 5.75 Å². The number of benzene rings is 2. The summed E-state index contributed by atoms with van der Waals surface area (Å²) in [6.07, 6.45) is 1.81. The second kappa shape index (κ2) is 7.07. The number of methoxy groups -OCH3 is 1. The fourth-order valence-corrected chi connectivity index (χ4v) is 2.80. The van der Waals surface area contributed by atoms with Crippen LogP contribution in [-0.2, 0) is 0 Å². The lowest BCUT2D eigenvalue weighted by Gasteiger charge is -2.08. The SMILES string of the molecule is COc1ccc(/C=N\N(C)c2nc(-c3ccccc3)cs2)cc1. The Hall–Kier alpha value is -2.66. The van der Waals surface area contributed by atoms with Crippen LogP contribution in [0.4, 0.5) is 5.13 Å². The van der Waals surface area contributed by atoms with Crippen LogP contribution in [0.25, 0.3) is 11.3 Å². The van der Waals surface area contributed by atoms with Crippen molar-refractivity contribution in [2.75, 3.05) is 19.2 Å². The highest BCUT2D eigenvalue weighted by Gasteiger charge is 2.07. The van der Waals surface area contributed by atoms with Crippen LogP contribution in [0, 0.1) is 0 Å². The van der Waals surface area contributed by atoms with E-state index in [4.69, 9.17) is 4.74 Å². The molecule has 0 amide bonds. The van der Waals surface area contributed by atoms with Gasteiger partial charge >= 0.3 is 0 Å². The Labute approximate surface area is 139 Å². The van der Waals surface area contributed by atoms with Gasteiger partial charge in [-0.15, -0.1) is 11.3 Å². The van der Waals surface area contributed by atoms with Crippen LogP contribution >= 0.6 is 11.3 Å². The van der Waals surface area contributed by atoms with E-state index >= 15 is 0 Å². The fourth-order valence-electron chi connectivity index (χ4n) is 2.05. The second-order valence-corrected chi connectivity index (χ2v) is 5.76. The van der Waals surface area contributed by atoms with E-state index in [0.717, 1.165) is 27.7 Å². The maximum atomic E-state index is 5.15. The topological polar surface area (TPSA) is 37.7 Å². The first kappa shape index (κ1) is 15.2. The number of thiazole rings is 1. The number of hydrogen-bond donors (Lipinski definition) is 0. The van der Waals surface area contributed by atoms with Crippen molar-refractivity contribution in [1.82, 2.24) is 4.98 Å². The molecule has 0 fully saturated rings. The van der Waals surface area contributed by atoms with Crippen molar-refractivity contribution in [1.29, 1.82) is 0 Å². The Kier molecular flexibility index (Phi) is 4.68. The van der Waals surface area contributed by atoms with E-state index in [1.807, 2.05) is 61.1 Å². The fraction of sp³-hybridized carbons (Fsp3) is 0.111. The lowest BCUT2D eigenvalue weighted by atomic mass is 10.2. The molecule has 23 heavy (non-hydrogen) atoms. The lowest BCUT2D eigenvalue weighted by molar-refractivity contribution is 0.415. The van der Waals surface area contributed by atoms with Gasteiger partial charge in [0.2, 0.25) is 5.13 Å². The third-order valence-corrected chi connectivity index (χ3v) is 4.24. The van der Waals surface area contributed by atoms with Gasteiger partial charge in [0.25, 0.3) is 0 Å². The van der Waals surface area contributed by atoms with Crippen LogP contribution in [-0.4, -0.2) is 25.4 Å². The van der Waals surface area contributed by atoms with Crippen LogP contribution in [0.15, 0.2) is 65.1 Å². The second-order valence-electron chi connectivity index (χ2n) is 4.92. The molecule has 5 heteroatoms. The summed E-state index contributed by atoms with van der Waals surface area (Å²) >= 11 is 1.57. The first-order valence-electron chi connectivity index (χ1n) is 7.19. The zero-order valence-corrected chi connectivity index (χ0v) is 13.8. The molecule has 0 unspecified atom stereocenters. The normalized spacial score (nSPS) is 10.9. The van der Waals surface area contributed by atoms with Gasteiger partial charge in [0.05, 0.1) is 19.0 Å². The molecule has 0 radical (unpaired) electrons. The zero-order chi connectivity index (χ0) is 16.1. The maximum absolute atomic E-state index is 5.15. The Balaban J connectivity index is 1.71. The van der Waals surface area contributed by atoms with Gasteiger partial charge in [-0.2, -0.15) is 5.10 Å². The van der Waals surface area contributed by atoms with Crippen LogP contribution in [0.2, 0.25) is 0 Å². The highest BCUT2D eigenvalue weighted by atomic mass is 32.1. The van der Waals surface area contributed by atoms with Crippen molar-refractivity contribution in [3.8, 4) is 17.0 Å². The molecular weight excluding hydrogens is 306 g/mol. The van der Waals surface area contributed by atoms with Crippen LogP contribution < -0.4 is 9.75 Å². The van der Waals surface area contributed by atoms with Gasteiger partial charge in [-0.3, -0.25) is 0 Å². The Morgan fingerprint density at radius 1 is 1.09 bits per heavy atom. The molecule has 4 nitrogen and oxygen atoms in total. The molecule has 0 aliphatic rings.